The molecule has 1 saturated heterocycles. The van der Waals surface area contributed by atoms with Crippen molar-refractivity contribution in [2.75, 3.05) is 31.1 Å². The Morgan fingerprint density at radius 2 is 1.67 bits per heavy atom. The summed E-state index contributed by atoms with van der Waals surface area (Å²) in [7, 11) is 0. The number of anilines is 1. The van der Waals surface area contributed by atoms with E-state index in [1.807, 2.05) is 12.4 Å². The summed E-state index contributed by atoms with van der Waals surface area (Å²) in [5, 5.41) is 0. The molecule has 0 bridgehead atoms. The Morgan fingerprint density at radius 3 is 2.22 bits per heavy atom. The molecule has 0 amide bonds. The summed E-state index contributed by atoms with van der Waals surface area (Å²) >= 11 is 0. The molecule has 0 aromatic carbocycles. The molecule has 2 rings (SSSR count). The van der Waals surface area contributed by atoms with E-state index in [-0.39, 0.29) is 0 Å². The van der Waals surface area contributed by atoms with Crippen LogP contribution in [0.4, 0.5) is 5.82 Å². The first-order chi connectivity index (χ1) is 8.58. The predicted octanol–water partition coefficient (Wildman–Crippen LogP) is 2.13. The maximum Gasteiger partial charge on any atom is 0.147 e. The summed E-state index contributed by atoms with van der Waals surface area (Å²) in [4.78, 5) is 13.9. The Labute approximate surface area is 110 Å². The van der Waals surface area contributed by atoms with Crippen molar-refractivity contribution in [2.24, 2.45) is 0 Å². The van der Waals surface area contributed by atoms with Gasteiger partial charge in [-0.05, 0) is 19.8 Å². The fourth-order valence-electron chi connectivity index (χ4n) is 2.27. The molecule has 0 spiro atoms. The smallest absolute Gasteiger partial charge is 0.147 e. The van der Waals surface area contributed by atoms with Gasteiger partial charge >= 0.3 is 0 Å². The van der Waals surface area contributed by atoms with E-state index in [1.54, 1.807) is 0 Å². The van der Waals surface area contributed by atoms with Crippen LogP contribution in [0.3, 0.4) is 0 Å². The predicted molar refractivity (Wildman–Crippen MR) is 75.0 cm³/mol. The molecule has 1 aliphatic heterocycles. The van der Waals surface area contributed by atoms with Crippen molar-refractivity contribution in [2.45, 2.75) is 39.7 Å². The van der Waals surface area contributed by atoms with Crippen LogP contribution in [0, 0.1) is 0 Å². The molecular formula is C14H24N4. The van der Waals surface area contributed by atoms with Crippen LogP contribution in [-0.2, 0) is 0 Å². The molecule has 4 heteroatoms. The summed E-state index contributed by atoms with van der Waals surface area (Å²) in [5.74, 6) is 1.47. The van der Waals surface area contributed by atoms with E-state index < -0.39 is 0 Å². The van der Waals surface area contributed by atoms with E-state index in [0.29, 0.717) is 12.0 Å². The Kier molecular flexibility index (Phi) is 4.17. The van der Waals surface area contributed by atoms with E-state index in [2.05, 4.69) is 42.5 Å². The molecule has 1 fully saturated rings. The van der Waals surface area contributed by atoms with Gasteiger partial charge in [0.15, 0.2) is 0 Å². The lowest BCUT2D eigenvalue weighted by atomic mass is 10.1. The largest absolute Gasteiger partial charge is 0.353 e. The monoisotopic (exact) mass is 248 g/mol. The van der Waals surface area contributed by atoms with Gasteiger partial charge in [0.25, 0.3) is 0 Å². The quantitative estimate of drug-likeness (QED) is 0.820. The minimum atomic E-state index is 0.439. The van der Waals surface area contributed by atoms with Gasteiger partial charge < -0.3 is 4.90 Å². The second-order valence-corrected chi connectivity index (χ2v) is 5.57. The number of hydrogen-bond acceptors (Lipinski definition) is 4. The molecule has 0 atom stereocenters. The van der Waals surface area contributed by atoms with E-state index in [9.17, 15) is 0 Å². The van der Waals surface area contributed by atoms with Gasteiger partial charge in [-0.15, -0.1) is 0 Å². The van der Waals surface area contributed by atoms with Gasteiger partial charge in [0.1, 0.15) is 5.82 Å². The molecule has 0 N–H and O–H groups in total. The lowest BCUT2D eigenvalue weighted by Gasteiger charge is -2.37. The first-order valence-electron chi connectivity index (χ1n) is 6.89. The minimum absolute atomic E-state index is 0.439. The van der Waals surface area contributed by atoms with E-state index in [0.717, 1.165) is 37.7 Å². The molecule has 100 valence electrons. The van der Waals surface area contributed by atoms with Crippen molar-refractivity contribution >= 4 is 5.82 Å². The standard InChI is InChI=1S/C14H24N4/c1-11(2)13-9-15-10-14(16-13)18-7-5-17(6-8-18)12(3)4/h9-12H,5-8H2,1-4H3. The second kappa shape index (κ2) is 5.65. The van der Waals surface area contributed by atoms with Crippen molar-refractivity contribution in [3.05, 3.63) is 18.1 Å². The Balaban J connectivity index is 2.03. The molecular weight excluding hydrogens is 224 g/mol. The van der Waals surface area contributed by atoms with Gasteiger partial charge in [-0.1, -0.05) is 13.8 Å². The van der Waals surface area contributed by atoms with Crippen molar-refractivity contribution in [3.63, 3.8) is 0 Å². The van der Waals surface area contributed by atoms with Gasteiger partial charge in [-0.2, -0.15) is 0 Å². The second-order valence-electron chi connectivity index (χ2n) is 5.57. The average Bonchev–Trinajstić information content (AvgIpc) is 2.39. The summed E-state index contributed by atoms with van der Waals surface area (Å²) in [6.45, 7) is 13.2. The molecule has 0 radical (unpaired) electrons. The molecule has 1 aliphatic rings. The average molecular weight is 248 g/mol. The minimum Gasteiger partial charge on any atom is -0.353 e. The topological polar surface area (TPSA) is 32.3 Å². The molecule has 4 nitrogen and oxygen atoms in total. The highest BCUT2D eigenvalue weighted by Crippen LogP contribution is 2.17. The fourth-order valence-corrected chi connectivity index (χ4v) is 2.27. The molecule has 2 heterocycles. The van der Waals surface area contributed by atoms with Crippen molar-refractivity contribution in [3.8, 4) is 0 Å². The molecule has 18 heavy (non-hydrogen) atoms. The zero-order chi connectivity index (χ0) is 13.1. The number of hydrogen-bond donors (Lipinski definition) is 0. The maximum absolute atomic E-state index is 4.71. The zero-order valence-electron chi connectivity index (χ0n) is 11.9. The van der Waals surface area contributed by atoms with Crippen molar-refractivity contribution < 1.29 is 0 Å². The van der Waals surface area contributed by atoms with Crippen molar-refractivity contribution in [1.29, 1.82) is 0 Å². The zero-order valence-corrected chi connectivity index (χ0v) is 11.9. The third-order valence-corrected chi connectivity index (χ3v) is 3.60. The van der Waals surface area contributed by atoms with Gasteiger partial charge in [0.2, 0.25) is 0 Å². The van der Waals surface area contributed by atoms with Crippen LogP contribution in [-0.4, -0.2) is 47.1 Å². The lowest BCUT2D eigenvalue weighted by molar-refractivity contribution is 0.209. The van der Waals surface area contributed by atoms with Crippen LogP contribution in [0.25, 0.3) is 0 Å². The third-order valence-electron chi connectivity index (χ3n) is 3.60. The number of aromatic nitrogens is 2. The molecule has 0 saturated carbocycles. The number of piperazine rings is 1. The normalized spacial score (nSPS) is 17.8. The SMILES string of the molecule is CC(C)c1cncc(N2CCN(C(C)C)CC2)n1. The highest BCUT2D eigenvalue weighted by atomic mass is 15.3. The summed E-state index contributed by atoms with van der Waals surface area (Å²) in [6, 6.07) is 0.639. The molecule has 0 unspecified atom stereocenters. The number of rotatable bonds is 3. The lowest BCUT2D eigenvalue weighted by Crippen LogP contribution is -2.49. The Bertz CT molecular complexity index is 381. The Morgan fingerprint density at radius 1 is 1.00 bits per heavy atom. The highest BCUT2D eigenvalue weighted by molar-refractivity contribution is 5.37. The fraction of sp³-hybridized carbons (Fsp3) is 0.714. The van der Waals surface area contributed by atoms with E-state index in [1.165, 1.54) is 0 Å². The summed E-state index contributed by atoms with van der Waals surface area (Å²) < 4.78 is 0. The number of nitrogens with zero attached hydrogens (tertiary/aromatic N) is 4. The van der Waals surface area contributed by atoms with Crippen molar-refractivity contribution in [1.82, 2.24) is 14.9 Å². The van der Waals surface area contributed by atoms with Crippen LogP contribution in [0.2, 0.25) is 0 Å². The van der Waals surface area contributed by atoms with Gasteiger partial charge in [-0.25, -0.2) is 4.98 Å². The van der Waals surface area contributed by atoms with Crippen LogP contribution in [0.5, 0.6) is 0 Å². The van der Waals surface area contributed by atoms with Gasteiger partial charge in [0.05, 0.1) is 11.9 Å². The van der Waals surface area contributed by atoms with E-state index >= 15 is 0 Å². The van der Waals surface area contributed by atoms with Gasteiger partial charge in [-0.3, -0.25) is 9.88 Å². The van der Waals surface area contributed by atoms with Crippen LogP contribution >= 0.6 is 0 Å². The van der Waals surface area contributed by atoms with Gasteiger partial charge in [0, 0.05) is 38.4 Å². The molecule has 0 aliphatic carbocycles. The molecule has 1 aromatic heterocycles. The Hall–Kier alpha value is -1.16. The first-order valence-corrected chi connectivity index (χ1v) is 6.89. The maximum atomic E-state index is 4.71. The van der Waals surface area contributed by atoms with Crippen LogP contribution in [0.1, 0.15) is 39.3 Å². The third kappa shape index (κ3) is 2.99. The van der Waals surface area contributed by atoms with E-state index in [4.69, 9.17) is 4.98 Å². The first kappa shape index (κ1) is 13.3. The summed E-state index contributed by atoms with van der Waals surface area (Å²) in [5.41, 5.74) is 1.08. The van der Waals surface area contributed by atoms with Crippen LogP contribution in [0.15, 0.2) is 12.4 Å². The summed E-state index contributed by atoms with van der Waals surface area (Å²) in [6.07, 6.45) is 3.76. The molecule has 1 aromatic rings. The van der Waals surface area contributed by atoms with Crippen LogP contribution < -0.4 is 4.90 Å². The highest BCUT2D eigenvalue weighted by Gasteiger charge is 2.20.